The van der Waals surface area contributed by atoms with Crippen LogP contribution < -0.4 is 5.73 Å². The van der Waals surface area contributed by atoms with Crippen molar-refractivity contribution >= 4 is 11.9 Å². The van der Waals surface area contributed by atoms with E-state index in [1.165, 1.54) is 4.90 Å². The lowest BCUT2D eigenvalue weighted by Gasteiger charge is -2.26. The molecule has 0 spiro atoms. The van der Waals surface area contributed by atoms with Crippen molar-refractivity contribution < 1.29 is 19.4 Å². The highest BCUT2D eigenvalue weighted by atomic mass is 16.5. The number of nitrogens with zero attached hydrogens (tertiary/aromatic N) is 1. The molecule has 3 atom stereocenters. The lowest BCUT2D eigenvalue weighted by molar-refractivity contribution is -0.144. The predicted molar refractivity (Wildman–Crippen MR) is 56.8 cm³/mol. The minimum atomic E-state index is -0.928. The number of carbonyl (C=O) groups is 2. The van der Waals surface area contributed by atoms with E-state index in [1.807, 2.05) is 0 Å². The van der Waals surface area contributed by atoms with Crippen LogP contribution in [-0.2, 0) is 14.3 Å². The van der Waals surface area contributed by atoms with E-state index in [1.54, 1.807) is 14.0 Å². The van der Waals surface area contributed by atoms with Crippen molar-refractivity contribution in [3.63, 3.8) is 0 Å². The number of hydrogen-bond acceptors (Lipinski definition) is 4. The molecule has 0 aromatic heterocycles. The number of likely N-dealkylation sites (N-methyl/N-ethyl adjacent to an activating group) is 1. The highest BCUT2D eigenvalue weighted by Gasteiger charge is 2.38. The monoisotopic (exact) mass is 230 g/mol. The molecule has 6 heteroatoms. The molecule has 1 saturated heterocycles. The van der Waals surface area contributed by atoms with Gasteiger partial charge in [-0.05, 0) is 6.92 Å². The third-order valence-corrected chi connectivity index (χ3v) is 2.76. The van der Waals surface area contributed by atoms with Gasteiger partial charge in [-0.3, -0.25) is 9.59 Å². The van der Waals surface area contributed by atoms with E-state index in [9.17, 15) is 9.59 Å². The molecule has 1 aliphatic rings. The Hall–Kier alpha value is -1.14. The van der Waals surface area contributed by atoms with Crippen molar-refractivity contribution in [3.8, 4) is 0 Å². The molecule has 3 N–H and O–H groups in total. The Balaban J connectivity index is 2.62. The first-order valence-electron chi connectivity index (χ1n) is 5.25. The zero-order valence-corrected chi connectivity index (χ0v) is 9.55. The summed E-state index contributed by atoms with van der Waals surface area (Å²) in [5.74, 6) is -1.71. The molecule has 0 bridgehead atoms. The second kappa shape index (κ2) is 5.27. The maximum absolute atomic E-state index is 11.7. The van der Waals surface area contributed by atoms with Gasteiger partial charge in [0, 0.05) is 19.5 Å². The molecule has 0 aliphatic carbocycles. The zero-order chi connectivity index (χ0) is 12.3. The molecule has 0 radical (unpaired) electrons. The van der Waals surface area contributed by atoms with Crippen molar-refractivity contribution in [2.24, 2.45) is 11.7 Å². The van der Waals surface area contributed by atoms with E-state index in [2.05, 4.69) is 0 Å². The second-order valence-electron chi connectivity index (χ2n) is 4.24. The molecular formula is C10H18N2O4. The minimum absolute atomic E-state index is 0.142. The van der Waals surface area contributed by atoms with E-state index in [0.717, 1.165) is 0 Å². The second-order valence-corrected chi connectivity index (χ2v) is 4.24. The lowest BCUT2D eigenvalue weighted by atomic mass is 10.0. The van der Waals surface area contributed by atoms with Crippen LogP contribution in [0.5, 0.6) is 0 Å². The molecule has 16 heavy (non-hydrogen) atoms. The summed E-state index contributed by atoms with van der Waals surface area (Å²) in [6.45, 7) is 2.18. The zero-order valence-electron chi connectivity index (χ0n) is 9.55. The first-order chi connectivity index (χ1) is 7.43. The maximum Gasteiger partial charge on any atom is 0.311 e. The average Bonchev–Trinajstić information content (AvgIpc) is 2.63. The van der Waals surface area contributed by atoms with Crippen LogP contribution in [0.2, 0.25) is 0 Å². The van der Waals surface area contributed by atoms with Crippen molar-refractivity contribution in [1.82, 2.24) is 4.90 Å². The molecule has 0 aromatic rings. The Kier molecular flexibility index (Phi) is 4.26. The molecule has 1 amide bonds. The maximum atomic E-state index is 11.7. The fourth-order valence-electron chi connectivity index (χ4n) is 1.76. The first-order valence-corrected chi connectivity index (χ1v) is 5.25. The number of aliphatic carboxylic acids is 1. The van der Waals surface area contributed by atoms with Crippen LogP contribution in [0, 0.1) is 5.92 Å². The standard InChI is InChI=1S/C10H18N2O4/c1-6(11)3-9(13)12(2)8-5-16-4-7(8)10(14)15/h6-8H,3-5,11H2,1-2H3,(H,14,15). The van der Waals surface area contributed by atoms with Crippen LogP contribution in [0.4, 0.5) is 0 Å². The summed E-state index contributed by atoms with van der Waals surface area (Å²) in [6.07, 6.45) is 0.222. The number of carbonyl (C=O) groups excluding carboxylic acids is 1. The largest absolute Gasteiger partial charge is 0.481 e. The summed E-state index contributed by atoms with van der Waals surface area (Å²) in [5, 5.41) is 8.95. The molecule has 6 nitrogen and oxygen atoms in total. The SMILES string of the molecule is CC(N)CC(=O)N(C)C1COCC1C(=O)O. The van der Waals surface area contributed by atoms with E-state index < -0.39 is 11.9 Å². The topological polar surface area (TPSA) is 92.9 Å². The number of ether oxygens (including phenoxy) is 1. The Morgan fingerprint density at radius 1 is 1.56 bits per heavy atom. The Labute approximate surface area is 94.3 Å². The van der Waals surface area contributed by atoms with Crippen molar-refractivity contribution in [3.05, 3.63) is 0 Å². The van der Waals surface area contributed by atoms with Gasteiger partial charge in [-0.1, -0.05) is 0 Å². The van der Waals surface area contributed by atoms with Crippen molar-refractivity contribution in [2.75, 3.05) is 20.3 Å². The summed E-state index contributed by atoms with van der Waals surface area (Å²) in [4.78, 5) is 24.1. The third kappa shape index (κ3) is 2.93. The molecule has 92 valence electrons. The number of rotatable bonds is 4. The van der Waals surface area contributed by atoms with Gasteiger partial charge in [-0.25, -0.2) is 0 Å². The predicted octanol–water partition coefficient (Wildman–Crippen LogP) is -0.718. The first kappa shape index (κ1) is 12.9. The average molecular weight is 230 g/mol. The molecular weight excluding hydrogens is 212 g/mol. The number of amides is 1. The van der Waals surface area contributed by atoms with Crippen LogP contribution in [0.15, 0.2) is 0 Å². The highest BCUT2D eigenvalue weighted by molar-refractivity contribution is 5.78. The van der Waals surface area contributed by atoms with Gasteiger partial charge in [0.2, 0.25) is 5.91 Å². The minimum Gasteiger partial charge on any atom is -0.481 e. The van der Waals surface area contributed by atoms with Gasteiger partial charge in [-0.2, -0.15) is 0 Å². The van der Waals surface area contributed by atoms with Gasteiger partial charge >= 0.3 is 5.97 Å². The molecule has 3 unspecified atom stereocenters. The van der Waals surface area contributed by atoms with Crippen molar-refractivity contribution in [1.29, 1.82) is 0 Å². The van der Waals surface area contributed by atoms with Crippen LogP contribution in [0.25, 0.3) is 0 Å². The van der Waals surface area contributed by atoms with Crippen LogP contribution in [0.1, 0.15) is 13.3 Å². The Bertz CT molecular complexity index is 280. The number of carboxylic acid groups (broad SMARTS) is 1. The van der Waals surface area contributed by atoms with Crippen molar-refractivity contribution in [2.45, 2.75) is 25.4 Å². The summed E-state index contributed by atoms with van der Waals surface area (Å²) >= 11 is 0. The Morgan fingerprint density at radius 2 is 2.19 bits per heavy atom. The normalized spacial score (nSPS) is 26.4. The number of carboxylic acids is 1. The smallest absolute Gasteiger partial charge is 0.311 e. The third-order valence-electron chi connectivity index (χ3n) is 2.76. The van der Waals surface area contributed by atoms with E-state index in [-0.39, 0.29) is 37.6 Å². The van der Waals surface area contributed by atoms with Gasteiger partial charge in [0.05, 0.1) is 19.3 Å². The lowest BCUT2D eigenvalue weighted by Crippen LogP contribution is -2.45. The van der Waals surface area contributed by atoms with Gasteiger partial charge in [0.1, 0.15) is 5.92 Å². The number of hydrogen-bond donors (Lipinski definition) is 2. The van der Waals surface area contributed by atoms with Crippen LogP contribution in [0.3, 0.4) is 0 Å². The summed E-state index contributed by atoms with van der Waals surface area (Å²) in [7, 11) is 1.60. The molecule has 0 aromatic carbocycles. The van der Waals surface area contributed by atoms with E-state index in [4.69, 9.17) is 15.6 Å². The fraction of sp³-hybridized carbons (Fsp3) is 0.800. The van der Waals surface area contributed by atoms with Gasteiger partial charge < -0.3 is 20.5 Å². The molecule has 1 heterocycles. The quantitative estimate of drug-likeness (QED) is 0.665. The summed E-state index contributed by atoms with van der Waals surface area (Å²) in [6, 6.07) is -0.607. The van der Waals surface area contributed by atoms with Gasteiger partial charge in [0.25, 0.3) is 0 Å². The van der Waals surface area contributed by atoms with E-state index >= 15 is 0 Å². The molecule has 1 fully saturated rings. The molecule has 1 rings (SSSR count). The molecule has 0 saturated carbocycles. The fourth-order valence-corrected chi connectivity index (χ4v) is 1.76. The Morgan fingerprint density at radius 3 is 2.69 bits per heavy atom. The van der Waals surface area contributed by atoms with Crippen LogP contribution in [-0.4, -0.2) is 54.2 Å². The van der Waals surface area contributed by atoms with Gasteiger partial charge in [-0.15, -0.1) is 0 Å². The summed E-state index contributed by atoms with van der Waals surface area (Å²) in [5.41, 5.74) is 5.53. The van der Waals surface area contributed by atoms with Crippen LogP contribution >= 0.6 is 0 Å². The van der Waals surface area contributed by atoms with Gasteiger partial charge in [0.15, 0.2) is 0 Å². The highest BCUT2D eigenvalue weighted by Crippen LogP contribution is 2.19. The molecule has 1 aliphatic heterocycles. The summed E-state index contributed by atoms with van der Waals surface area (Å²) < 4.78 is 5.10. The number of nitrogens with two attached hydrogens (primary N) is 1. The van der Waals surface area contributed by atoms with E-state index in [0.29, 0.717) is 0 Å².